The van der Waals surface area contributed by atoms with Crippen LogP contribution in [0.15, 0.2) is 30.3 Å². The van der Waals surface area contributed by atoms with Crippen LogP contribution in [0.3, 0.4) is 0 Å². The van der Waals surface area contributed by atoms with Crippen LogP contribution in [-0.2, 0) is 4.79 Å². The van der Waals surface area contributed by atoms with Gasteiger partial charge in [-0.3, -0.25) is 9.89 Å². The van der Waals surface area contributed by atoms with Crippen molar-refractivity contribution in [3.05, 3.63) is 36.0 Å². The third kappa shape index (κ3) is 3.00. The van der Waals surface area contributed by atoms with E-state index in [1.807, 2.05) is 6.92 Å². The molecule has 18 heavy (non-hydrogen) atoms. The van der Waals surface area contributed by atoms with Crippen LogP contribution in [0.4, 0.5) is 5.82 Å². The quantitative estimate of drug-likeness (QED) is 0.763. The molecule has 6 heteroatoms. The number of amides is 1. The van der Waals surface area contributed by atoms with Gasteiger partial charge in [-0.2, -0.15) is 5.10 Å². The van der Waals surface area contributed by atoms with Gasteiger partial charge in [0, 0.05) is 11.8 Å². The zero-order chi connectivity index (χ0) is 13.0. The molecule has 2 rings (SSSR count). The second kappa shape index (κ2) is 5.22. The van der Waals surface area contributed by atoms with E-state index in [0.717, 1.165) is 5.69 Å². The van der Waals surface area contributed by atoms with E-state index in [0.29, 0.717) is 5.82 Å². The molecule has 1 aromatic carbocycles. The standard InChI is InChI=1S/C12H13N3O3/c1-8-6-11(15-14-8)13-12(17)7-18-10-5-3-2-4-9(10)16/h2-6,16H,7H2,1H3,(H2,13,14,15,17). The van der Waals surface area contributed by atoms with E-state index in [-0.39, 0.29) is 24.0 Å². The molecule has 0 fully saturated rings. The second-order valence-electron chi connectivity index (χ2n) is 3.74. The minimum absolute atomic E-state index is 0.000846. The van der Waals surface area contributed by atoms with Gasteiger partial charge in [0.1, 0.15) is 0 Å². The number of aromatic nitrogens is 2. The summed E-state index contributed by atoms with van der Waals surface area (Å²) in [6.45, 7) is 1.64. The van der Waals surface area contributed by atoms with Crippen molar-refractivity contribution in [2.45, 2.75) is 6.92 Å². The Hall–Kier alpha value is -2.50. The Labute approximate surface area is 104 Å². The number of aryl methyl sites for hydroxylation is 1. The van der Waals surface area contributed by atoms with Crippen molar-refractivity contribution in [3.8, 4) is 11.5 Å². The van der Waals surface area contributed by atoms with E-state index in [4.69, 9.17) is 4.74 Å². The number of aromatic hydroxyl groups is 1. The van der Waals surface area contributed by atoms with Crippen LogP contribution in [0.25, 0.3) is 0 Å². The Kier molecular flexibility index (Phi) is 3.47. The molecule has 1 amide bonds. The van der Waals surface area contributed by atoms with Gasteiger partial charge in [-0.15, -0.1) is 0 Å². The number of hydrogen-bond donors (Lipinski definition) is 3. The molecular weight excluding hydrogens is 234 g/mol. The van der Waals surface area contributed by atoms with Gasteiger partial charge in [-0.25, -0.2) is 0 Å². The third-order valence-electron chi connectivity index (χ3n) is 2.20. The fraction of sp³-hybridized carbons (Fsp3) is 0.167. The third-order valence-corrected chi connectivity index (χ3v) is 2.20. The lowest BCUT2D eigenvalue weighted by atomic mass is 10.3. The number of rotatable bonds is 4. The molecule has 1 aromatic heterocycles. The highest BCUT2D eigenvalue weighted by atomic mass is 16.5. The lowest BCUT2D eigenvalue weighted by Gasteiger charge is -2.06. The molecule has 1 heterocycles. The monoisotopic (exact) mass is 247 g/mol. The van der Waals surface area contributed by atoms with Crippen LogP contribution in [0, 0.1) is 6.92 Å². The highest BCUT2D eigenvalue weighted by molar-refractivity contribution is 5.91. The van der Waals surface area contributed by atoms with Crippen LogP contribution in [0.5, 0.6) is 11.5 Å². The number of benzene rings is 1. The van der Waals surface area contributed by atoms with Gasteiger partial charge in [-0.05, 0) is 19.1 Å². The Morgan fingerprint density at radius 2 is 2.28 bits per heavy atom. The SMILES string of the molecule is Cc1cc(NC(=O)COc2ccccc2O)n[nH]1. The number of para-hydroxylation sites is 2. The minimum Gasteiger partial charge on any atom is -0.504 e. The summed E-state index contributed by atoms with van der Waals surface area (Å²) in [5.74, 6) is 0.370. The summed E-state index contributed by atoms with van der Waals surface area (Å²) in [5.41, 5.74) is 0.854. The van der Waals surface area contributed by atoms with Crippen molar-refractivity contribution in [3.63, 3.8) is 0 Å². The molecule has 0 spiro atoms. The molecule has 0 aliphatic rings. The van der Waals surface area contributed by atoms with Gasteiger partial charge in [0.2, 0.25) is 0 Å². The van der Waals surface area contributed by atoms with E-state index < -0.39 is 0 Å². The summed E-state index contributed by atoms with van der Waals surface area (Å²) < 4.78 is 5.18. The van der Waals surface area contributed by atoms with Crippen LogP contribution in [0.1, 0.15) is 5.69 Å². The van der Waals surface area contributed by atoms with Crippen molar-refractivity contribution in [2.24, 2.45) is 0 Å². The lowest BCUT2D eigenvalue weighted by molar-refractivity contribution is -0.118. The zero-order valence-corrected chi connectivity index (χ0v) is 9.80. The average Bonchev–Trinajstić information content (AvgIpc) is 2.74. The Morgan fingerprint density at radius 3 is 2.94 bits per heavy atom. The molecule has 0 bridgehead atoms. The van der Waals surface area contributed by atoms with Crippen molar-refractivity contribution < 1.29 is 14.6 Å². The Morgan fingerprint density at radius 1 is 1.50 bits per heavy atom. The molecule has 0 aliphatic heterocycles. The van der Waals surface area contributed by atoms with Gasteiger partial charge >= 0.3 is 0 Å². The van der Waals surface area contributed by atoms with E-state index in [1.165, 1.54) is 6.07 Å². The average molecular weight is 247 g/mol. The van der Waals surface area contributed by atoms with Crippen LogP contribution in [0.2, 0.25) is 0 Å². The van der Waals surface area contributed by atoms with Crippen molar-refractivity contribution >= 4 is 11.7 Å². The largest absolute Gasteiger partial charge is 0.504 e. The fourth-order valence-electron chi connectivity index (χ4n) is 1.38. The highest BCUT2D eigenvalue weighted by Gasteiger charge is 2.07. The second-order valence-corrected chi connectivity index (χ2v) is 3.74. The first-order valence-corrected chi connectivity index (χ1v) is 5.38. The molecule has 6 nitrogen and oxygen atoms in total. The first kappa shape index (κ1) is 12.0. The van der Waals surface area contributed by atoms with E-state index in [2.05, 4.69) is 15.5 Å². The molecular formula is C12H13N3O3. The van der Waals surface area contributed by atoms with Gasteiger partial charge in [0.05, 0.1) is 0 Å². The summed E-state index contributed by atoms with van der Waals surface area (Å²) in [5, 5.41) is 18.6. The molecule has 94 valence electrons. The Balaban J connectivity index is 1.87. The molecule has 2 aromatic rings. The Bertz CT molecular complexity index is 551. The lowest BCUT2D eigenvalue weighted by Crippen LogP contribution is -2.20. The number of phenolic OH excluding ortho intramolecular Hbond substituents is 1. The summed E-state index contributed by atoms with van der Waals surface area (Å²) in [4.78, 5) is 11.5. The fourth-order valence-corrected chi connectivity index (χ4v) is 1.38. The van der Waals surface area contributed by atoms with E-state index >= 15 is 0 Å². The van der Waals surface area contributed by atoms with Crippen molar-refractivity contribution in [2.75, 3.05) is 11.9 Å². The zero-order valence-electron chi connectivity index (χ0n) is 9.80. The predicted molar refractivity (Wildman–Crippen MR) is 65.6 cm³/mol. The summed E-state index contributed by atoms with van der Waals surface area (Å²) in [7, 11) is 0. The first-order chi connectivity index (χ1) is 8.65. The van der Waals surface area contributed by atoms with Crippen LogP contribution in [-0.4, -0.2) is 27.8 Å². The molecule has 0 unspecified atom stereocenters. The number of ether oxygens (including phenoxy) is 1. The minimum atomic E-state index is -0.343. The smallest absolute Gasteiger partial charge is 0.263 e. The van der Waals surface area contributed by atoms with E-state index in [9.17, 15) is 9.90 Å². The van der Waals surface area contributed by atoms with Crippen LogP contribution >= 0.6 is 0 Å². The number of anilines is 1. The number of carbonyl (C=O) groups is 1. The molecule has 0 radical (unpaired) electrons. The van der Waals surface area contributed by atoms with Gasteiger partial charge in [0.25, 0.3) is 5.91 Å². The summed E-state index contributed by atoms with van der Waals surface area (Å²) in [6, 6.07) is 8.17. The molecule has 0 saturated carbocycles. The summed E-state index contributed by atoms with van der Waals surface area (Å²) >= 11 is 0. The molecule has 3 N–H and O–H groups in total. The van der Waals surface area contributed by atoms with Crippen molar-refractivity contribution in [1.29, 1.82) is 0 Å². The maximum absolute atomic E-state index is 11.5. The highest BCUT2D eigenvalue weighted by Crippen LogP contribution is 2.24. The van der Waals surface area contributed by atoms with Gasteiger partial charge in [0.15, 0.2) is 23.9 Å². The predicted octanol–water partition coefficient (Wildman–Crippen LogP) is 1.44. The number of hydrogen-bond acceptors (Lipinski definition) is 4. The molecule has 0 saturated heterocycles. The summed E-state index contributed by atoms with van der Waals surface area (Å²) in [6.07, 6.45) is 0. The van der Waals surface area contributed by atoms with Crippen molar-refractivity contribution in [1.82, 2.24) is 10.2 Å². The normalized spacial score (nSPS) is 10.1. The number of nitrogens with one attached hydrogen (secondary N) is 2. The number of aromatic amines is 1. The van der Waals surface area contributed by atoms with Gasteiger partial charge in [-0.1, -0.05) is 12.1 Å². The molecule has 0 aliphatic carbocycles. The molecule has 0 atom stereocenters. The maximum atomic E-state index is 11.5. The van der Waals surface area contributed by atoms with Crippen LogP contribution < -0.4 is 10.1 Å². The number of phenols is 1. The first-order valence-electron chi connectivity index (χ1n) is 5.38. The number of nitrogens with zero attached hydrogens (tertiary/aromatic N) is 1. The number of carbonyl (C=O) groups excluding carboxylic acids is 1. The number of H-pyrrole nitrogens is 1. The maximum Gasteiger partial charge on any atom is 0.263 e. The van der Waals surface area contributed by atoms with Gasteiger partial charge < -0.3 is 15.2 Å². The van der Waals surface area contributed by atoms with E-state index in [1.54, 1.807) is 24.3 Å². The topological polar surface area (TPSA) is 87.2 Å².